The molecule has 7 nitrogen and oxygen atoms in total. The van der Waals surface area contributed by atoms with Gasteiger partial charge < -0.3 is 15.0 Å². The fraction of sp³-hybridized carbons (Fsp3) is 0.476. The number of H-pyrrole nitrogens is 1. The third-order valence-corrected chi connectivity index (χ3v) is 5.42. The number of nitrogens with one attached hydrogen (secondary N) is 2. The molecule has 0 unspecified atom stereocenters. The fourth-order valence-corrected chi connectivity index (χ4v) is 3.81. The normalized spacial score (nSPS) is 21.2. The number of ether oxygens (including phenoxy) is 1. The maximum Gasteiger partial charge on any atom is 0.252 e. The van der Waals surface area contributed by atoms with Crippen molar-refractivity contribution in [2.75, 3.05) is 24.6 Å². The van der Waals surface area contributed by atoms with Crippen molar-refractivity contribution in [3.05, 3.63) is 52.4 Å². The summed E-state index contributed by atoms with van der Waals surface area (Å²) in [5.74, 6) is 1.68. The van der Waals surface area contributed by atoms with E-state index in [0.717, 1.165) is 50.2 Å². The lowest BCUT2D eigenvalue weighted by molar-refractivity contribution is -0.122. The van der Waals surface area contributed by atoms with E-state index >= 15 is 0 Å². The number of benzene rings is 1. The monoisotopic (exact) mass is 382 g/mol. The molecule has 1 aromatic carbocycles. The minimum absolute atomic E-state index is 0.00370. The van der Waals surface area contributed by atoms with Gasteiger partial charge in [-0.2, -0.15) is 0 Å². The van der Waals surface area contributed by atoms with Gasteiger partial charge in [-0.15, -0.1) is 0 Å². The van der Waals surface area contributed by atoms with Gasteiger partial charge in [0.2, 0.25) is 11.9 Å². The summed E-state index contributed by atoms with van der Waals surface area (Å²) >= 11 is 0. The number of aromatic nitrogens is 2. The first-order valence-electron chi connectivity index (χ1n) is 10.0. The zero-order valence-corrected chi connectivity index (χ0v) is 15.9. The van der Waals surface area contributed by atoms with Gasteiger partial charge in [-0.3, -0.25) is 14.6 Å². The van der Waals surface area contributed by atoms with Gasteiger partial charge >= 0.3 is 0 Å². The van der Waals surface area contributed by atoms with Crippen LogP contribution in [0.5, 0.6) is 5.75 Å². The molecule has 1 aliphatic heterocycles. The lowest BCUT2D eigenvalue weighted by Gasteiger charge is -2.35. The molecular weight excluding hydrogens is 356 g/mol. The first-order chi connectivity index (χ1) is 13.7. The molecule has 1 saturated carbocycles. The van der Waals surface area contributed by atoms with Gasteiger partial charge in [0.25, 0.3) is 5.56 Å². The summed E-state index contributed by atoms with van der Waals surface area (Å²) in [7, 11) is 0. The van der Waals surface area contributed by atoms with Crippen molar-refractivity contribution >= 4 is 11.9 Å². The van der Waals surface area contributed by atoms with Crippen LogP contribution in [0.25, 0.3) is 0 Å². The Hall–Kier alpha value is -2.83. The zero-order valence-electron chi connectivity index (χ0n) is 15.9. The number of amides is 1. The van der Waals surface area contributed by atoms with Gasteiger partial charge in [0.15, 0.2) is 0 Å². The maximum absolute atomic E-state index is 12.1. The van der Waals surface area contributed by atoms with Crippen molar-refractivity contribution in [2.24, 2.45) is 0 Å². The number of para-hydroxylation sites is 1. The Morgan fingerprint density at radius 2 is 1.96 bits per heavy atom. The van der Waals surface area contributed by atoms with Crippen LogP contribution in [0.3, 0.4) is 0 Å². The Balaban J connectivity index is 1.23. The highest BCUT2D eigenvalue weighted by molar-refractivity contribution is 5.76. The number of carbonyl (C=O) groups excluding carboxylic acids is 1. The predicted octanol–water partition coefficient (Wildman–Crippen LogP) is 2.20. The van der Waals surface area contributed by atoms with Crippen molar-refractivity contribution in [3.8, 4) is 5.75 Å². The van der Waals surface area contributed by atoms with E-state index in [9.17, 15) is 9.59 Å². The molecule has 2 aliphatic rings. The van der Waals surface area contributed by atoms with E-state index in [4.69, 9.17) is 4.74 Å². The number of rotatable bonds is 7. The minimum Gasteiger partial charge on any atom is -0.493 e. The van der Waals surface area contributed by atoms with Crippen molar-refractivity contribution in [3.63, 3.8) is 0 Å². The van der Waals surface area contributed by atoms with Gasteiger partial charge in [-0.05, 0) is 37.8 Å². The quantitative estimate of drug-likeness (QED) is 0.767. The molecule has 4 rings (SSSR count). The maximum atomic E-state index is 12.1. The van der Waals surface area contributed by atoms with Crippen LogP contribution in [0.15, 0.2) is 41.2 Å². The summed E-state index contributed by atoms with van der Waals surface area (Å²) in [6.07, 6.45) is 4.25. The summed E-state index contributed by atoms with van der Waals surface area (Å²) in [6.45, 7) is 2.25. The molecule has 1 aliphatic carbocycles. The highest BCUT2D eigenvalue weighted by Crippen LogP contribution is 2.36. The Bertz CT molecular complexity index is 855. The van der Waals surface area contributed by atoms with E-state index in [1.165, 1.54) is 0 Å². The van der Waals surface area contributed by atoms with Crippen LogP contribution in [0.2, 0.25) is 0 Å². The molecule has 28 heavy (non-hydrogen) atoms. The SMILES string of the molecule is O=C(CCOc1ccccc1)NC1CC(c2cc(=O)[nH]c(N3CCCC3)n2)C1. The third kappa shape index (κ3) is 4.52. The van der Waals surface area contributed by atoms with Crippen LogP contribution in [-0.4, -0.2) is 41.6 Å². The second-order valence-corrected chi connectivity index (χ2v) is 7.53. The highest BCUT2D eigenvalue weighted by Gasteiger charge is 2.33. The van der Waals surface area contributed by atoms with Crippen LogP contribution in [0, 0.1) is 0 Å². The lowest BCUT2D eigenvalue weighted by Crippen LogP contribution is -2.44. The molecule has 148 valence electrons. The van der Waals surface area contributed by atoms with Gasteiger partial charge in [-0.1, -0.05) is 18.2 Å². The first-order valence-corrected chi connectivity index (χ1v) is 10.0. The minimum atomic E-state index is -0.0996. The van der Waals surface area contributed by atoms with Crippen molar-refractivity contribution in [1.29, 1.82) is 0 Å². The molecule has 1 amide bonds. The number of hydrogen-bond donors (Lipinski definition) is 2. The Kier molecular flexibility index (Phi) is 5.60. The number of anilines is 1. The summed E-state index contributed by atoms with van der Waals surface area (Å²) in [6, 6.07) is 11.2. The summed E-state index contributed by atoms with van der Waals surface area (Å²) in [5.41, 5.74) is 0.737. The summed E-state index contributed by atoms with van der Waals surface area (Å²) in [5, 5.41) is 3.04. The number of hydrogen-bond acceptors (Lipinski definition) is 5. The van der Waals surface area contributed by atoms with Crippen LogP contribution >= 0.6 is 0 Å². The van der Waals surface area contributed by atoms with Gasteiger partial charge in [0.1, 0.15) is 5.75 Å². The zero-order chi connectivity index (χ0) is 19.3. The molecule has 2 heterocycles. The second-order valence-electron chi connectivity index (χ2n) is 7.53. The smallest absolute Gasteiger partial charge is 0.252 e. The molecule has 0 radical (unpaired) electrons. The van der Waals surface area contributed by atoms with E-state index in [-0.39, 0.29) is 23.4 Å². The van der Waals surface area contributed by atoms with Crippen molar-refractivity contribution in [1.82, 2.24) is 15.3 Å². The molecule has 2 aromatic rings. The molecule has 1 aromatic heterocycles. The molecule has 0 spiro atoms. The summed E-state index contributed by atoms with van der Waals surface area (Å²) in [4.78, 5) is 33.7. The second kappa shape index (κ2) is 8.46. The lowest BCUT2D eigenvalue weighted by atomic mass is 9.78. The average molecular weight is 382 g/mol. The predicted molar refractivity (Wildman–Crippen MR) is 107 cm³/mol. The molecule has 7 heteroatoms. The van der Waals surface area contributed by atoms with Crippen LogP contribution in [-0.2, 0) is 4.79 Å². The molecule has 1 saturated heterocycles. The van der Waals surface area contributed by atoms with Gasteiger partial charge in [-0.25, -0.2) is 4.98 Å². The third-order valence-electron chi connectivity index (χ3n) is 5.42. The van der Waals surface area contributed by atoms with Gasteiger partial charge in [0, 0.05) is 31.1 Å². The Labute approximate surface area is 164 Å². The van der Waals surface area contributed by atoms with E-state index in [1.807, 2.05) is 30.3 Å². The topological polar surface area (TPSA) is 87.3 Å². The molecule has 0 bridgehead atoms. The van der Waals surface area contributed by atoms with Gasteiger partial charge in [0.05, 0.1) is 18.7 Å². The van der Waals surface area contributed by atoms with Crippen LogP contribution in [0.4, 0.5) is 5.95 Å². The van der Waals surface area contributed by atoms with E-state index in [2.05, 4.69) is 20.2 Å². The Morgan fingerprint density at radius 1 is 1.21 bits per heavy atom. The molecule has 2 N–H and O–H groups in total. The fourth-order valence-electron chi connectivity index (χ4n) is 3.81. The first kappa shape index (κ1) is 18.5. The summed E-state index contributed by atoms with van der Waals surface area (Å²) < 4.78 is 5.56. The van der Waals surface area contributed by atoms with Crippen LogP contribution in [0.1, 0.15) is 43.7 Å². The van der Waals surface area contributed by atoms with E-state index in [1.54, 1.807) is 6.07 Å². The molecule has 2 fully saturated rings. The van der Waals surface area contributed by atoms with Crippen molar-refractivity contribution in [2.45, 2.75) is 44.1 Å². The van der Waals surface area contributed by atoms with E-state index in [0.29, 0.717) is 19.0 Å². The van der Waals surface area contributed by atoms with Crippen molar-refractivity contribution < 1.29 is 9.53 Å². The highest BCUT2D eigenvalue weighted by atomic mass is 16.5. The number of aromatic amines is 1. The number of nitrogens with zero attached hydrogens (tertiary/aromatic N) is 2. The Morgan fingerprint density at radius 3 is 2.71 bits per heavy atom. The van der Waals surface area contributed by atoms with Crippen LogP contribution < -0.4 is 20.5 Å². The molecule has 0 atom stereocenters. The average Bonchev–Trinajstić information content (AvgIpc) is 3.19. The number of carbonyl (C=O) groups is 1. The van der Waals surface area contributed by atoms with E-state index < -0.39 is 0 Å². The largest absolute Gasteiger partial charge is 0.493 e. The standard InChI is InChI=1S/C21H26N4O3/c26-19(8-11-28-17-6-2-1-3-7-17)22-16-12-15(13-16)18-14-20(27)24-21(23-18)25-9-4-5-10-25/h1-3,6-7,14-16H,4-5,8-13H2,(H,22,26)(H,23,24,27). The molecular formula is C21H26N4O3.